The summed E-state index contributed by atoms with van der Waals surface area (Å²) in [5.41, 5.74) is 5.12. The third kappa shape index (κ3) is 3.90. The summed E-state index contributed by atoms with van der Waals surface area (Å²) in [6.45, 7) is 5.69. The molecule has 2 unspecified atom stereocenters. The van der Waals surface area contributed by atoms with Crippen molar-refractivity contribution in [1.82, 2.24) is 0 Å². The van der Waals surface area contributed by atoms with Gasteiger partial charge in [0.1, 0.15) is 6.04 Å². The molecule has 0 rings (SSSR count). The second kappa shape index (κ2) is 4.24. The summed E-state index contributed by atoms with van der Waals surface area (Å²) in [6.07, 6.45) is 0.204. The maximum absolute atomic E-state index is 10.4. The first-order chi connectivity index (χ1) is 5.79. The molecule has 0 aromatic carbocycles. The Morgan fingerprint density at radius 3 is 2.31 bits per heavy atom. The monoisotopic (exact) mass is 184 g/mol. The Hall–Kier alpha value is -1.08. The van der Waals surface area contributed by atoms with Gasteiger partial charge in [-0.3, -0.25) is 4.79 Å². The zero-order valence-electron chi connectivity index (χ0n) is 8.24. The second-order valence-electron chi connectivity index (χ2n) is 4.23. The average Bonchev–Trinajstić information content (AvgIpc) is 1.96. The van der Waals surface area contributed by atoms with Crippen molar-refractivity contribution in [3.8, 4) is 6.07 Å². The SMILES string of the molecule is CC(C)(C)C(C#N)CC(N)C(=O)O. The van der Waals surface area contributed by atoms with Gasteiger partial charge >= 0.3 is 5.97 Å². The highest BCUT2D eigenvalue weighted by molar-refractivity contribution is 5.73. The molecule has 4 heteroatoms. The van der Waals surface area contributed by atoms with Crippen LogP contribution in [0.4, 0.5) is 0 Å². The van der Waals surface area contributed by atoms with Crippen LogP contribution in [0.1, 0.15) is 27.2 Å². The highest BCUT2D eigenvalue weighted by atomic mass is 16.4. The van der Waals surface area contributed by atoms with Gasteiger partial charge in [0.05, 0.1) is 12.0 Å². The molecule has 0 fully saturated rings. The number of hydrogen-bond donors (Lipinski definition) is 2. The molecule has 0 bridgehead atoms. The maximum atomic E-state index is 10.4. The number of carboxylic acids is 1. The van der Waals surface area contributed by atoms with Crippen molar-refractivity contribution >= 4 is 5.97 Å². The normalized spacial score (nSPS) is 15.9. The molecule has 0 radical (unpaired) electrons. The molecule has 0 spiro atoms. The Morgan fingerprint density at radius 2 is 2.08 bits per heavy atom. The van der Waals surface area contributed by atoms with Crippen LogP contribution < -0.4 is 5.73 Å². The van der Waals surface area contributed by atoms with Crippen LogP contribution in [0.3, 0.4) is 0 Å². The van der Waals surface area contributed by atoms with Crippen molar-refractivity contribution in [3.05, 3.63) is 0 Å². The topological polar surface area (TPSA) is 87.1 Å². The van der Waals surface area contributed by atoms with E-state index in [1.54, 1.807) is 0 Å². The molecule has 74 valence electrons. The number of aliphatic carboxylic acids is 1. The molecular weight excluding hydrogens is 168 g/mol. The molecule has 4 nitrogen and oxygen atoms in total. The Kier molecular flexibility index (Phi) is 3.89. The van der Waals surface area contributed by atoms with Crippen molar-refractivity contribution in [2.75, 3.05) is 0 Å². The van der Waals surface area contributed by atoms with Crippen molar-refractivity contribution in [2.24, 2.45) is 17.1 Å². The Balaban J connectivity index is 4.33. The van der Waals surface area contributed by atoms with Crippen LogP contribution in [0.15, 0.2) is 0 Å². The van der Waals surface area contributed by atoms with Crippen molar-refractivity contribution in [2.45, 2.75) is 33.2 Å². The van der Waals surface area contributed by atoms with E-state index in [2.05, 4.69) is 6.07 Å². The lowest BCUT2D eigenvalue weighted by Gasteiger charge is -2.25. The largest absolute Gasteiger partial charge is 0.480 e. The predicted molar refractivity (Wildman–Crippen MR) is 48.8 cm³/mol. The third-order valence-electron chi connectivity index (χ3n) is 2.01. The Labute approximate surface area is 78.3 Å². The first kappa shape index (κ1) is 11.9. The Morgan fingerprint density at radius 1 is 1.62 bits per heavy atom. The smallest absolute Gasteiger partial charge is 0.320 e. The number of rotatable bonds is 3. The number of hydrogen-bond acceptors (Lipinski definition) is 3. The van der Waals surface area contributed by atoms with E-state index in [0.717, 1.165) is 0 Å². The van der Waals surface area contributed by atoms with Gasteiger partial charge in [0, 0.05) is 0 Å². The van der Waals surface area contributed by atoms with E-state index in [-0.39, 0.29) is 17.8 Å². The van der Waals surface area contributed by atoms with Crippen LogP contribution in [0, 0.1) is 22.7 Å². The van der Waals surface area contributed by atoms with Gasteiger partial charge in [0.2, 0.25) is 0 Å². The summed E-state index contributed by atoms with van der Waals surface area (Å²) in [6, 6.07) is 1.14. The molecule has 0 aromatic rings. The van der Waals surface area contributed by atoms with E-state index in [0.29, 0.717) is 0 Å². The van der Waals surface area contributed by atoms with Gasteiger partial charge in [-0.2, -0.15) is 5.26 Å². The highest BCUT2D eigenvalue weighted by Crippen LogP contribution is 2.28. The third-order valence-corrected chi connectivity index (χ3v) is 2.01. The summed E-state index contributed by atoms with van der Waals surface area (Å²) in [7, 11) is 0. The van der Waals surface area contributed by atoms with Crippen molar-refractivity contribution in [1.29, 1.82) is 5.26 Å². The number of nitrogens with two attached hydrogens (primary N) is 1. The van der Waals surface area contributed by atoms with Gasteiger partial charge in [-0.25, -0.2) is 0 Å². The molecule has 0 saturated heterocycles. The van der Waals surface area contributed by atoms with E-state index in [1.807, 2.05) is 20.8 Å². The molecule has 2 atom stereocenters. The fraction of sp³-hybridized carbons (Fsp3) is 0.778. The number of nitriles is 1. The lowest BCUT2D eigenvalue weighted by molar-refractivity contribution is -0.139. The molecule has 0 aliphatic heterocycles. The van der Waals surface area contributed by atoms with Crippen molar-refractivity contribution < 1.29 is 9.90 Å². The molecule has 0 aliphatic carbocycles. The fourth-order valence-electron chi connectivity index (χ4n) is 0.955. The molecule has 0 heterocycles. The molecule has 0 aromatic heterocycles. The van der Waals surface area contributed by atoms with Crippen LogP contribution in [-0.4, -0.2) is 17.1 Å². The quantitative estimate of drug-likeness (QED) is 0.684. The molecule has 0 saturated carbocycles. The minimum absolute atomic E-state index is 0.204. The van der Waals surface area contributed by atoms with Crippen LogP contribution in [-0.2, 0) is 4.79 Å². The standard InChI is InChI=1S/C9H16N2O2/c1-9(2,3)6(5-10)4-7(11)8(12)13/h6-7H,4,11H2,1-3H3,(H,12,13). The zero-order valence-corrected chi connectivity index (χ0v) is 8.24. The minimum Gasteiger partial charge on any atom is -0.480 e. The second-order valence-corrected chi connectivity index (χ2v) is 4.23. The van der Waals surface area contributed by atoms with Crippen LogP contribution in [0.5, 0.6) is 0 Å². The van der Waals surface area contributed by atoms with Gasteiger partial charge in [-0.1, -0.05) is 20.8 Å². The summed E-state index contributed by atoms with van der Waals surface area (Å²) < 4.78 is 0. The van der Waals surface area contributed by atoms with E-state index in [4.69, 9.17) is 16.1 Å². The van der Waals surface area contributed by atoms with Gasteiger partial charge < -0.3 is 10.8 Å². The minimum atomic E-state index is -1.05. The molecule has 0 aliphatic rings. The first-order valence-corrected chi connectivity index (χ1v) is 4.17. The lowest BCUT2D eigenvalue weighted by Crippen LogP contribution is -2.35. The van der Waals surface area contributed by atoms with E-state index in [1.165, 1.54) is 0 Å². The molecule has 13 heavy (non-hydrogen) atoms. The summed E-state index contributed by atoms with van der Waals surface area (Å²) in [5, 5.41) is 17.4. The number of nitrogens with zero attached hydrogens (tertiary/aromatic N) is 1. The number of carboxylic acid groups (broad SMARTS) is 1. The summed E-state index contributed by atoms with van der Waals surface area (Å²) in [4.78, 5) is 10.4. The highest BCUT2D eigenvalue weighted by Gasteiger charge is 2.28. The van der Waals surface area contributed by atoms with Crippen LogP contribution >= 0.6 is 0 Å². The Bertz CT molecular complexity index is 225. The van der Waals surface area contributed by atoms with Crippen molar-refractivity contribution in [3.63, 3.8) is 0 Å². The average molecular weight is 184 g/mol. The van der Waals surface area contributed by atoms with Gasteiger partial charge in [0.25, 0.3) is 0 Å². The fourth-order valence-corrected chi connectivity index (χ4v) is 0.955. The van der Waals surface area contributed by atoms with Gasteiger partial charge in [-0.15, -0.1) is 0 Å². The summed E-state index contributed by atoms with van der Waals surface area (Å²) >= 11 is 0. The van der Waals surface area contributed by atoms with Crippen LogP contribution in [0.25, 0.3) is 0 Å². The van der Waals surface area contributed by atoms with E-state index >= 15 is 0 Å². The molecule has 0 amide bonds. The summed E-state index contributed by atoms with van der Waals surface area (Å²) in [5.74, 6) is -1.37. The zero-order chi connectivity index (χ0) is 10.6. The lowest BCUT2D eigenvalue weighted by atomic mass is 9.78. The van der Waals surface area contributed by atoms with E-state index < -0.39 is 12.0 Å². The van der Waals surface area contributed by atoms with Crippen LogP contribution in [0.2, 0.25) is 0 Å². The first-order valence-electron chi connectivity index (χ1n) is 4.17. The number of carbonyl (C=O) groups is 1. The van der Waals surface area contributed by atoms with E-state index in [9.17, 15) is 4.79 Å². The maximum Gasteiger partial charge on any atom is 0.320 e. The van der Waals surface area contributed by atoms with Gasteiger partial charge in [-0.05, 0) is 11.8 Å². The molecular formula is C9H16N2O2. The predicted octanol–water partition coefficient (Wildman–Crippen LogP) is 0.974. The van der Waals surface area contributed by atoms with Gasteiger partial charge in [0.15, 0.2) is 0 Å². The molecule has 3 N–H and O–H groups in total.